The molecule has 0 saturated carbocycles. The molecule has 0 aromatic heterocycles. The Balaban J connectivity index is 1.72. The van der Waals surface area contributed by atoms with Crippen LogP contribution in [0.1, 0.15) is 5.56 Å². The van der Waals surface area contributed by atoms with Crippen molar-refractivity contribution in [3.63, 3.8) is 0 Å². The molecule has 0 spiro atoms. The number of hydrogen-bond acceptors (Lipinski definition) is 3. The van der Waals surface area contributed by atoms with E-state index < -0.39 is 0 Å². The smallest absolute Gasteiger partial charge is 0.230 e. The van der Waals surface area contributed by atoms with Gasteiger partial charge in [-0.3, -0.25) is 4.79 Å². The van der Waals surface area contributed by atoms with Crippen molar-refractivity contribution in [2.45, 2.75) is 11.3 Å². The summed E-state index contributed by atoms with van der Waals surface area (Å²) in [7, 11) is 1.66. The van der Waals surface area contributed by atoms with Crippen molar-refractivity contribution in [1.82, 2.24) is 5.32 Å². The molecule has 0 aliphatic heterocycles. The van der Waals surface area contributed by atoms with Gasteiger partial charge in [0.1, 0.15) is 5.75 Å². The van der Waals surface area contributed by atoms with Crippen LogP contribution in [0.5, 0.6) is 5.75 Å². The van der Waals surface area contributed by atoms with E-state index in [0.29, 0.717) is 12.3 Å². The zero-order chi connectivity index (χ0) is 15.8. The molecule has 0 fully saturated rings. The average molecular weight is 380 g/mol. The van der Waals surface area contributed by atoms with Gasteiger partial charge in [0, 0.05) is 15.9 Å². The van der Waals surface area contributed by atoms with Gasteiger partial charge in [0.25, 0.3) is 0 Å². The number of thioether (sulfide) groups is 1. The maximum absolute atomic E-state index is 11.9. The molecular weight excluding hydrogens is 362 g/mol. The lowest BCUT2D eigenvalue weighted by atomic mass is 10.1. The number of benzene rings is 2. The molecule has 0 aliphatic carbocycles. The lowest BCUT2D eigenvalue weighted by Gasteiger charge is -2.09. The molecule has 2 rings (SSSR count). The molecule has 0 unspecified atom stereocenters. The number of nitrogens with one attached hydrogen (secondary N) is 1. The predicted molar refractivity (Wildman–Crippen MR) is 94.6 cm³/mol. The Labute approximate surface area is 143 Å². The third-order valence-corrected chi connectivity index (χ3v) is 4.63. The molecule has 1 N–H and O–H groups in total. The zero-order valence-corrected chi connectivity index (χ0v) is 14.7. The number of para-hydroxylation sites is 1. The van der Waals surface area contributed by atoms with Crippen molar-refractivity contribution in [3.05, 3.63) is 58.6 Å². The number of halogens is 1. The van der Waals surface area contributed by atoms with E-state index in [4.69, 9.17) is 4.74 Å². The van der Waals surface area contributed by atoms with Gasteiger partial charge in [0.2, 0.25) is 5.91 Å². The van der Waals surface area contributed by atoms with Crippen molar-refractivity contribution >= 4 is 33.6 Å². The summed E-state index contributed by atoms with van der Waals surface area (Å²) in [5, 5.41) is 2.94. The molecule has 2 aromatic rings. The summed E-state index contributed by atoms with van der Waals surface area (Å²) in [6.07, 6.45) is 0.763. The van der Waals surface area contributed by atoms with E-state index in [2.05, 4.69) is 21.2 Å². The molecule has 5 heteroatoms. The molecule has 0 heterocycles. The highest BCUT2D eigenvalue weighted by atomic mass is 79.9. The first-order chi connectivity index (χ1) is 10.7. The highest BCUT2D eigenvalue weighted by Gasteiger charge is 2.05. The Kier molecular flexibility index (Phi) is 6.80. The second kappa shape index (κ2) is 8.86. The summed E-state index contributed by atoms with van der Waals surface area (Å²) in [6, 6.07) is 15.8. The summed E-state index contributed by atoms with van der Waals surface area (Å²) in [5.41, 5.74) is 1.10. The molecule has 3 nitrogen and oxygen atoms in total. The summed E-state index contributed by atoms with van der Waals surface area (Å²) in [5.74, 6) is 1.33. The molecular formula is C17H18BrNO2S. The van der Waals surface area contributed by atoms with E-state index in [1.807, 2.05) is 48.5 Å². The summed E-state index contributed by atoms with van der Waals surface area (Å²) in [4.78, 5) is 12.9. The number of carbonyl (C=O) groups is 1. The second-order valence-electron chi connectivity index (χ2n) is 4.65. The van der Waals surface area contributed by atoms with Crippen molar-refractivity contribution in [3.8, 4) is 5.75 Å². The standard InChI is InChI=1S/C17H18BrNO2S/c1-21-16-5-3-2-4-13(16)10-11-19-17(20)12-22-15-8-6-14(18)7-9-15/h2-9H,10-12H2,1H3,(H,19,20). The van der Waals surface area contributed by atoms with Crippen LogP contribution in [0, 0.1) is 0 Å². The Bertz CT molecular complexity index is 616. The van der Waals surface area contributed by atoms with E-state index in [1.165, 1.54) is 11.8 Å². The summed E-state index contributed by atoms with van der Waals surface area (Å²) < 4.78 is 6.34. The van der Waals surface area contributed by atoms with Crippen molar-refractivity contribution in [2.75, 3.05) is 19.4 Å². The van der Waals surface area contributed by atoms with Gasteiger partial charge in [-0.15, -0.1) is 11.8 Å². The predicted octanol–water partition coefficient (Wildman–Crippen LogP) is 3.91. The number of carbonyl (C=O) groups excluding carboxylic acids is 1. The van der Waals surface area contributed by atoms with E-state index in [1.54, 1.807) is 7.11 Å². The van der Waals surface area contributed by atoms with Crippen molar-refractivity contribution in [2.24, 2.45) is 0 Å². The summed E-state index contributed by atoms with van der Waals surface area (Å²) >= 11 is 4.93. The number of rotatable bonds is 7. The Hall–Kier alpha value is -1.46. The van der Waals surface area contributed by atoms with Crippen molar-refractivity contribution < 1.29 is 9.53 Å². The van der Waals surface area contributed by atoms with Gasteiger partial charge in [-0.05, 0) is 42.3 Å². The first kappa shape index (κ1) is 16.9. The van der Waals surface area contributed by atoms with Crippen LogP contribution in [0.15, 0.2) is 57.9 Å². The maximum atomic E-state index is 11.9. The van der Waals surface area contributed by atoms with E-state index in [9.17, 15) is 4.79 Å². The number of hydrogen-bond donors (Lipinski definition) is 1. The maximum Gasteiger partial charge on any atom is 0.230 e. The molecule has 0 saturated heterocycles. The average Bonchev–Trinajstić information content (AvgIpc) is 2.55. The Morgan fingerprint density at radius 3 is 2.64 bits per heavy atom. The van der Waals surface area contributed by atoms with Crippen LogP contribution in [0.2, 0.25) is 0 Å². The molecule has 0 bridgehead atoms. The highest BCUT2D eigenvalue weighted by molar-refractivity contribution is 9.10. The third-order valence-electron chi connectivity index (χ3n) is 3.09. The lowest BCUT2D eigenvalue weighted by molar-refractivity contribution is -0.118. The van der Waals surface area contributed by atoms with Gasteiger partial charge in [-0.25, -0.2) is 0 Å². The zero-order valence-electron chi connectivity index (χ0n) is 12.3. The van der Waals surface area contributed by atoms with Crippen LogP contribution < -0.4 is 10.1 Å². The summed E-state index contributed by atoms with van der Waals surface area (Å²) in [6.45, 7) is 0.611. The number of ether oxygens (including phenoxy) is 1. The molecule has 2 aromatic carbocycles. The molecule has 1 amide bonds. The molecule has 0 aliphatic rings. The monoisotopic (exact) mass is 379 g/mol. The Morgan fingerprint density at radius 1 is 1.18 bits per heavy atom. The normalized spacial score (nSPS) is 10.3. The van der Waals surface area contributed by atoms with Crippen LogP contribution in [0.3, 0.4) is 0 Å². The largest absolute Gasteiger partial charge is 0.496 e. The first-order valence-electron chi connectivity index (χ1n) is 6.96. The number of methoxy groups -OCH3 is 1. The van der Waals surface area contributed by atoms with Gasteiger partial charge < -0.3 is 10.1 Å². The molecule has 0 atom stereocenters. The first-order valence-corrected chi connectivity index (χ1v) is 8.74. The topological polar surface area (TPSA) is 38.3 Å². The third kappa shape index (κ3) is 5.39. The van der Waals surface area contributed by atoms with Crippen LogP contribution >= 0.6 is 27.7 Å². The van der Waals surface area contributed by atoms with Gasteiger partial charge in [0.05, 0.1) is 12.9 Å². The van der Waals surface area contributed by atoms with E-state index in [-0.39, 0.29) is 5.91 Å². The van der Waals surface area contributed by atoms with Gasteiger partial charge in [-0.1, -0.05) is 34.1 Å². The lowest BCUT2D eigenvalue weighted by Crippen LogP contribution is -2.27. The fourth-order valence-electron chi connectivity index (χ4n) is 1.98. The SMILES string of the molecule is COc1ccccc1CCNC(=O)CSc1ccc(Br)cc1. The van der Waals surface area contributed by atoms with Gasteiger partial charge in [0.15, 0.2) is 0 Å². The minimum Gasteiger partial charge on any atom is -0.496 e. The fourth-order valence-corrected chi connectivity index (χ4v) is 2.97. The van der Waals surface area contributed by atoms with E-state index in [0.717, 1.165) is 27.1 Å². The van der Waals surface area contributed by atoms with E-state index >= 15 is 0 Å². The molecule has 22 heavy (non-hydrogen) atoms. The van der Waals surface area contributed by atoms with Crippen LogP contribution in [0.25, 0.3) is 0 Å². The minimum atomic E-state index is 0.0443. The second-order valence-corrected chi connectivity index (χ2v) is 6.62. The molecule has 0 radical (unpaired) electrons. The van der Waals surface area contributed by atoms with Crippen LogP contribution in [0.4, 0.5) is 0 Å². The Morgan fingerprint density at radius 2 is 1.91 bits per heavy atom. The highest BCUT2D eigenvalue weighted by Crippen LogP contribution is 2.20. The fraction of sp³-hybridized carbons (Fsp3) is 0.235. The van der Waals surface area contributed by atoms with Gasteiger partial charge >= 0.3 is 0 Å². The van der Waals surface area contributed by atoms with Crippen LogP contribution in [-0.2, 0) is 11.2 Å². The minimum absolute atomic E-state index is 0.0443. The quantitative estimate of drug-likeness (QED) is 0.741. The van der Waals surface area contributed by atoms with Crippen molar-refractivity contribution in [1.29, 1.82) is 0 Å². The molecule has 116 valence electrons. The number of amides is 1. The van der Waals surface area contributed by atoms with Gasteiger partial charge in [-0.2, -0.15) is 0 Å². The van der Waals surface area contributed by atoms with Crippen LogP contribution in [-0.4, -0.2) is 25.3 Å².